The first-order valence-electron chi connectivity index (χ1n) is 7.19. The summed E-state index contributed by atoms with van der Waals surface area (Å²) in [7, 11) is 0. The third kappa shape index (κ3) is 5.07. The van der Waals surface area contributed by atoms with E-state index in [-0.39, 0.29) is 11.3 Å². The molecule has 0 heterocycles. The molecule has 17 heavy (non-hydrogen) atoms. The van der Waals surface area contributed by atoms with Gasteiger partial charge in [-0.2, -0.15) is 0 Å². The Kier molecular flexibility index (Phi) is 6.56. The zero-order chi connectivity index (χ0) is 12.6. The number of nitrogens with two attached hydrogens (primary N) is 1. The van der Waals surface area contributed by atoms with Crippen molar-refractivity contribution >= 4 is 5.91 Å². The number of hydrogen-bond donors (Lipinski definition) is 2. The fourth-order valence-corrected chi connectivity index (χ4v) is 2.66. The fourth-order valence-electron chi connectivity index (χ4n) is 2.66. The number of unbranched alkanes of at least 4 members (excludes halogenated alkanes) is 3. The lowest BCUT2D eigenvalue weighted by atomic mass is 9.86. The van der Waals surface area contributed by atoms with Gasteiger partial charge in [-0.05, 0) is 31.2 Å². The van der Waals surface area contributed by atoms with Gasteiger partial charge in [0.15, 0.2) is 0 Å². The summed E-state index contributed by atoms with van der Waals surface area (Å²) >= 11 is 0. The van der Waals surface area contributed by atoms with Crippen LogP contribution in [0.5, 0.6) is 0 Å². The van der Waals surface area contributed by atoms with E-state index >= 15 is 0 Å². The predicted molar refractivity (Wildman–Crippen MR) is 71.7 cm³/mol. The molecule has 1 aliphatic rings. The van der Waals surface area contributed by atoms with Crippen molar-refractivity contribution in [1.82, 2.24) is 5.32 Å². The van der Waals surface area contributed by atoms with Crippen LogP contribution in [0.15, 0.2) is 0 Å². The lowest BCUT2D eigenvalue weighted by Gasteiger charge is -2.27. The Hall–Kier alpha value is -0.570. The number of nitrogens with one attached hydrogen (secondary N) is 1. The zero-order valence-corrected chi connectivity index (χ0v) is 11.3. The van der Waals surface area contributed by atoms with Crippen LogP contribution in [0.4, 0.5) is 0 Å². The maximum absolute atomic E-state index is 11.7. The van der Waals surface area contributed by atoms with Crippen LogP contribution >= 0.6 is 0 Å². The predicted octanol–water partition coefficient (Wildman–Crippen LogP) is 2.59. The average molecular weight is 240 g/mol. The smallest absolute Gasteiger partial charge is 0.220 e. The first-order chi connectivity index (χ1) is 8.22. The second-order valence-electron chi connectivity index (χ2n) is 5.50. The largest absolute Gasteiger partial charge is 0.355 e. The molecule has 1 aliphatic carbocycles. The van der Waals surface area contributed by atoms with E-state index in [2.05, 4.69) is 12.2 Å². The molecular weight excluding hydrogens is 212 g/mol. The number of rotatable bonds is 8. The van der Waals surface area contributed by atoms with Gasteiger partial charge in [-0.1, -0.05) is 39.0 Å². The molecule has 1 rings (SSSR count). The van der Waals surface area contributed by atoms with Crippen LogP contribution in [0.3, 0.4) is 0 Å². The Morgan fingerprint density at radius 3 is 2.53 bits per heavy atom. The number of carbonyl (C=O) groups excluding carboxylic acids is 1. The summed E-state index contributed by atoms with van der Waals surface area (Å²) in [6, 6.07) is 0. The maximum atomic E-state index is 11.7. The minimum absolute atomic E-state index is 0.207. The van der Waals surface area contributed by atoms with E-state index in [0.29, 0.717) is 13.0 Å². The van der Waals surface area contributed by atoms with Crippen LogP contribution in [0, 0.1) is 5.41 Å². The van der Waals surface area contributed by atoms with Gasteiger partial charge in [0.1, 0.15) is 0 Å². The van der Waals surface area contributed by atoms with Gasteiger partial charge in [0.2, 0.25) is 5.91 Å². The summed E-state index contributed by atoms with van der Waals surface area (Å²) in [5, 5.41) is 3.07. The van der Waals surface area contributed by atoms with E-state index < -0.39 is 0 Å². The van der Waals surface area contributed by atoms with Crippen molar-refractivity contribution in [3.05, 3.63) is 0 Å². The van der Waals surface area contributed by atoms with Gasteiger partial charge in [0.05, 0.1) is 0 Å². The molecule has 0 aromatic heterocycles. The molecule has 1 fully saturated rings. The fraction of sp³-hybridized carbons (Fsp3) is 0.929. The highest BCUT2D eigenvalue weighted by atomic mass is 16.1. The van der Waals surface area contributed by atoms with Crippen LogP contribution < -0.4 is 11.1 Å². The van der Waals surface area contributed by atoms with Gasteiger partial charge in [0, 0.05) is 13.0 Å². The first kappa shape index (κ1) is 14.5. The molecule has 0 aromatic rings. The summed E-state index contributed by atoms with van der Waals surface area (Å²) < 4.78 is 0. The van der Waals surface area contributed by atoms with Crippen molar-refractivity contribution in [3.63, 3.8) is 0 Å². The van der Waals surface area contributed by atoms with E-state index in [9.17, 15) is 4.79 Å². The van der Waals surface area contributed by atoms with Gasteiger partial charge >= 0.3 is 0 Å². The van der Waals surface area contributed by atoms with Crippen LogP contribution in [-0.4, -0.2) is 19.0 Å². The standard InChI is InChI=1S/C14H28N2O/c1-2-3-4-5-8-13(17)16-12-14(11-15)9-6-7-10-14/h2-12,15H2,1H3,(H,16,17). The van der Waals surface area contributed by atoms with Crippen molar-refractivity contribution < 1.29 is 4.79 Å². The molecule has 1 saturated carbocycles. The minimum atomic E-state index is 0.207. The van der Waals surface area contributed by atoms with Gasteiger partial charge in [-0.15, -0.1) is 0 Å². The molecule has 0 aromatic carbocycles. The van der Waals surface area contributed by atoms with Crippen LogP contribution in [0.2, 0.25) is 0 Å². The molecule has 0 aliphatic heterocycles. The van der Waals surface area contributed by atoms with Gasteiger partial charge in [-0.25, -0.2) is 0 Å². The third-order valence-electron chi connectivity index (χ3n) is 4.02. The van der Waals surface area contributed by atoms with Crippen molar-refractivity contribution in [3.8, 4) is 0 Å². The van der Waals surface area contributed by atoms with Crippen molar-refractivity contribution in [2.24, 2.45) is 11.1 Å². The van der Waals surface area contributed by atoms with Crippen LogP contribution in [0.1, 0.15) is 64.7 Å². The van der Waals surface area contributed by atoms with Crippen molar-refractivity contribution in [1.29, 1.82) is 0 Å². The molecule has 100 valence electrons. The molecule has 1 amide bonds. The SMILES string of the molecule is CCCCCCC(=O)NCC1(CN)CCCC1. The van der Waals surface area contributed by atoms with E-state index in [1.807, 2.05) is 0 Å². The highest BCUT2D eigenvalue weighted by molar-refractivity contribution is 5.75. The van der Waals surface area contributed by atoms with E-state index in [0.717, 1.165) is 13.0 Å². The molecule has 0 unspecified atom stereocenters. The minimum Gasteiger partial charge on any atom is -0.355 e. The second-order valence-corrected chi connectivity index (χ2v) is 5.50. The normalized spacial score (nSPS) is 18.2. The number of hydrogen-bond acceptors (Lipinski definition) is 2. The quantitative estimate of drug-likeness (QED) is 0.641. The molecule has 0 spiro atoms. The Morgan fingerprint density at radius 2 is 1.94 bits per heavy atom. The molecule has 0 radical (unpaired) electrons. The van der Waals surface area contributed by atoms with Crippen LogP contribution in [-0.2, 0) is 4.79 Å². The zero-order valence-electron chi connectivity index (χ0n) is 11.3. The maximum Gasteiger partial charge on any atom is 0.220 e. The Morgan fingerprint density at radius 1 is 1.24 bits per heavy atom. The van der Waals surface area contributed by atoms with E-state index in [1.165, 1.54) is 44.9 Å². The van der Waals surface area contributed by atoms with Gasteiger partial charge in [0.25, 0.3) is 0 Å². The lowest BCUT2D eigenvalue weighted by molar-refractivity contribution is -0.121. The van der Waals surface area contributed by atoms with E-state index in [4.69, 9.17) is 5.73 Å². The highest BCUT2D eigenvalue weighted by Gasteiger charge is 2.32. The average Bonchev–Trinajstić information content (AvgIpc) is 2.82. The molecule has 0 atom stereocenters. The molecule has 0 saturated heterocycles. The Bertz CT molecular complexity index is 222. The molecule has 3 N–H and O–H groups in total. The Labute approximate surface area is 106 Å². The molecule has 0 bridgehead atoms. The third-order valence-corrected chi connectivity index (χ3v) is 4.02. The second kappa shape index (κ2) is 7.70. The summed E-state index contributed by atoms with van der Waals surface area (Å²) in [4.78, 5) is 11.7. The van der Waals surface area contributed by atoms with E-state index in [1.54, 1.807) is 0 Å². The molecular formula is C14H28N2O. The monoisotopic (exact) mass is 240 g/mol. The number of amides is 1. The Balaban J connectivity index is 2.14. The topological polar surface area (TPSA) is 55.1 Å². The summed E-state index contributed by atoms with van der Waals surface area (Å²) in [6.45, 7) is 3.68. The molecule has 3 nitrogen and oxygen atoms in total. The number of carbonyl (C=O) groups is 1. The van der Waals surface area contributed by atoms with Crippen molar-refractivity contribution in [2.75, 3.05) is 13.1 Å². The summed E-state index contributed by atoms with van der Waals surface area (Å²) in [6.07, 6.45) is 10.2. The van der Waals surface area contributed by atoms with Crippen LogP contribution in [0.25, 0.3) is 0 Å². The lowest BCUT2D eigenvalue weighted by Crippen LogP contribution is -2.40. The first-order valence-corrected chi connectivity index (χ1v) is 7.19. The summed E-state index contributed by atoms with van der Waals surface area (Å²) in [5.74, 6) is 0.209. The van der Waals surface area contributed by atoms with Crippen molar-refractivity contribution in [2.45, 2.75) is 64.7 Å². The molecule has 3 heteroatoms. The van der Waals surface area contributed by atoms with Gasteiger partial charge < -0.3 is 11.1 Å². The highest BCUT2D eigenvalue weighted by Crippen LogP contribution is 2.36. The van der Waals surface area contributed by atoms with Gasteiger partial charge in [-0.3, -0.25) is 4.79 Å². The summed E-state index contributed by atoms with van der Waals surface area (Å²) in [5.41, 5.74) is 6.05.